The fraction of sp³-hybridized carbons (Fsp3) is 0.440. The van der Waals surface area contributed by atoms with Crippen molar-refractivity contribution >= 4 is 11.7 Å². The van der Waals surface area contributed by atoms with Crippen LogP contribution in [0.25, 0.3) is 11.1 Å². The molecule has 0 saturated carbocycles. The van der Waals surface area contributed by atoms with E-state index in [1.54, 1.807) is 19.1 Å². The van der Waals surface area contributed by atoms with Gasteiger partial charge in [-0.05, 0) is 61.1 Å². The second kappa shape index (κ2) is 11.6. The zero-order chi connectivity index (χ0) is 22.0. The molecule has 5 N–H and O–H groups in total. The van der Waals surface area contributed by atoms with E-state index in [-0.39, 0.29) is 18.1 Å². The van der Waals surface area contributed by atoms with Crippen LogP contribution in [0.5, 0.6) is 0 Å². The number of nitrogens with one attached hydrogen (secondary N) is 1. The number of carbonyl (C=O) groups is 2. The normalized spacial score (nSPS) is 12.9. The summed E-state index contributed by atoms with van der Waals surface area (Å²) in [6.07, 6.45) is 5.39. The maximum atomic E-state index is 12.8. The van der Waals surface area contributed by atoms with Crippen molar-refractivity contribution in [1.29, 1.82) is 0 Å². The summed E-state index contributed by atoms with van der Waals surface area (Å²) in [7, 11) is 0. The zero-order valence-corrected chi connectivity index (χ0v) is 18.2. The summed E-state index contributed by atoms with van der Waals surface area (Å²) < 4.78 is 0. The van der Waals surface area contributed by atoms with Gasteiger partial charge in [-0.2, -0.15) is 0 Å². The predicted molar refractivity (Wildman–Crippen MR) is 123 cm³/mol. The van der Waals surface area contributed by atoms with Crippen molar-refractivity contribution in [2.24, 2.45) is 11.5 Å². The Kier molecular flexibility index (Phi) is 9.21. The van der Waals surface area contributed by atoms with Gasteiger partial charge in [0.25, 0.3) is 5.91 Å². The fourth-order valence-corrected chi connectivity index (χ4v) is 3.55. The Morgan fingerprint density at radius 2 is 1.50 bits per heavy atom. The summed E-state index contributed by atoms with van der Waals surface area (Å²) in [5.74, 6) is -0.490. The predicted octanol–water partition coefficient (Wildman–Crippen LogP) is 4.19. The first-order valence-corrected chi connectivity index (χ1v) is 11.0. The maximum absolute atomic E-state index is 12.8. The molecule has 0 aliphatic carbocycles. The third-order valence-corrected chi connectivity index (χ3v) is 5.40. The van der Waals surface area contributed by atoms with E-state index in [4.69, 9.17) is 11.5 Å². The van der Waals surface area contributed by atoms with Crippen LogP contribution in [-0.4, -0.2) is 23.9 Å². The van der Waals surface area contributed by atoms with E-state index in [0.717, 1.165) is 43.2 Å². The number of nitrogens with two attached hydrogens (primary N) is 2. The van der Waals surface area contributed by atoms with Crippen molar-refractivity contribution in [3.63, 3.8) is 0 Å². The molecule has 0 fully saturated rings. The van der Waals surface area contributed by atoms with Gasteiger partial charge in [0.2, 0.25) is 0 Å². The fourth-order valence-electron chi connectivity index (χ4n) is 3.55. The summed E-state index contributed by atoms with van der Waals surface area (Å²) in [4.78, 5) is 25.2. The number of benzene rings is 2. The first-order valence-electron chi connectivity index (χ1n) is 11.0. The topological polar surface area (TPSA) is 98.2 Å². The summed E-state index contributed by atoms with van der Waals surface area (Å²) in [5.41, 5.74) is 14.5. The van der Waals surface area contributed by atoms with Gasteiger partial charge >= 0.3 is 0 Å². The average molecular weight is 410 g/mol. The van der Waals surface area contributed by atoms with E-state index in [1.165, 1.54) is 5.56 Å². The lowest BCUT2D eigenvalue weighted by molar-refractivity contribution is -0.125. The maximum Gasteiger partial charge on any atom is 0.253 e. The molecule has 1 amide bonds. The third kappa shape index (κ3) is 6.51. The molecule has 0 radical (unpaired) electrons. The highest BCUT2D eigenvalue weighted by molar-refractivity contribution is 5.99. The lowest BCUT2D eigenvalue weighted by atomic mass is 9.95. The number of unbranched alkanes of at least 4 members (excludes halogenated alkanes) is 2. The van der Waals surface area contributed by atoms with E-state index in [9.17, 15) is 9.59 Å². The molecule has 0 spiro atoms. The highest BCUT2D eigenvalue weighted by atomic mass is 16.2. The van der Waals surface area contributed by atoms with E-state index < -0.39 is 5.66 Å². The molecular formula is C25H35N3O2. The highest BCUT2D eigenvalue weighted by Crippen LogP contribution is 2.21. The zero-order valence-electron chi connectivity index (χ0n) is 18.2. The van der Waals surface area contributed by atoms with Crippen LogP contribution in [0.3, 0.4) is 0 Å². The van der Waals surface area contributed by atoms with E-state index in [1.807, 2.05) is 12.1 Å². The van der Waals surface area contributed by atoms with Crippen molar-refractivity contribution in [3.8, 4) is 11.1 Å². The van der Waals surface area contributed by atoms with E-state index in [0.29, 0.717) is 18.5 Å². The summed E-state index contributed by atoms with van der Waals surface area (Å²) in [6, 6.07) is 15.9. The lowest BCUT2D eigenvalue weighted by Crippen LogP contribution is -2.61. The third-order valence-electron chi connectivity index (χ3n) is 5.40. The van der Waals surface area contributed by atoms with Crippen LogP contribution in [0.15, 0.2) is 48.5 Å². The summed E-state index contributed by atoms with van der Waals surface area (Å²) >= 11 is 0. The molecule has 0 heterocycles. The Labute approximate surface area is 180 Å². The molecule has 0 aliphatic rings. The van der Waals surface area contributed by atoms with Gasteiger partial charge in [0.05, 0.1) is 0 Å². The van der Waals surface area contributed by atoms with Crippen molar-refractivity contribution in [2.75, 3.05) is 6.54 Å². The standard InChI is InChI=1S/C25H35N3O2/c1-3-8-19-9-11-20(12-10-19)21-13-15-22(16-14-21)24(30)28-25(27,23(29)4-2)17-6-5-7-18-26/h9-16H,3-8,17-18,26-27H2,1-2H3,(H,28,30). The SMILES string of the molecule is CCCc1ccc(-c2ccc(C(=O)NC(N)(CCCCCN)C(=O)CC)cc2)cc1. The molecule has 162 valence electrons. The summed E-state index contributed by atoms with van der Waals surface area (Å²) in [5, 5.41) is 2.78. The number of aryl methyl sites for hydroxylation is 1. The van der Waals surface area contributed by atoms with Crippen molar-refractivity contribution in [3.05, 3.63) is 59.7 Å². The number of carbonyl (C=O) groups excluding carboxylic acids is 2. The first kappa shape index (κ1) is 23.8. The van der Waals surface area contributed by atoms with Crippen molar-refractivity contribution in [1.82, 2.24) is 5.32 Å². The average Bonchev–Trinajstić information content (AvgIpc) is 2.77. The minimum Gasteiger partial charge on any atom is -0.330 e. The van der Waals surface area contributed by atoms with Crippen molar-refractivity contribution < 1.29 is 9.59 Å². The molecule has 0 aromatic heterocycles. The molecule has 2 aromatic carbocycles. The molecule has 0 saturated heterocycles. The Balaban J connectivity index is 2.08. The van der Waals surface area contributed by atoms with Crippen LogP contribution >= 0.6 is 0 Å². The Morgan fingerprint density at radius 3 is 2.03 bits per heavy atom. The van der Waals surface area contributed by atoms with E-state index in [2.05, 4.69) is 36.5 Å². The molecule has 0 aliphatic heterocycles. The smallest absolute Gasteiger partial charge is 0.253 e. The van der Waals surface area contributed by atoms with Crippen LogP contribution < -0.4 is 16.8 Å². The second-order valence-corrected chi connectivity index (χ2v) is 7.83. The van der Waals surface area contributed by atoms with Crippen molar-refractivity contribution in [2.45, 2.75) is 64.5 Å². The summed E-state index contributed by atoms with van der Waals surface area (Å²) in [6.45, 7) is 4.54. The van der Waals surface area contributed by atoms with Gasteiger partial charge in [0.1, 0.15) is 5.66 Å². The Bertz CT molecular complexity index is 815. The van der Waals surface area contributed by atoms with Gasteiger partial charge in [-0.1, -0.05) is 63.1 Å². The van der Waals surface area contributed by atoms with Crippen LogP contribution in [0.4, 0.5) is 0 Å². The largest absolute Gasteiger partial charge is 0.330 e. The monoisotopic (exact) mass is 409 g/mol. The minimum atomic E-state index is -1.34. The van der Waals surface area contributed by atoms with Gasteiger partial charge in [-0.15, -0.1) is 0 Å². The number of ketones is 1. The molecule has 2 aromatic rings. The van der Waals surface area contributed by atoms with Crippen LogP contribution in [0.2, 0.25) is 0 Å². The Hall–Kier alpha value is -2.50. The molecule has 0 bridgehead atoms. The van der Waals surface area contributed by atoms with Gasteiger partial charge in [-0.3, -0.25) is 9.59 Å². The molecule has 1 unspecified atom stereocenters. The van der Waals surface area contributed by atoms with Crippen LogP contribution in [0.1, 0.15) is 68.3 Å². The first-order chi connectivity index (χ1) is 14.4. The highest BCUT2D eigenvalue weighted by Gasteiger charge is 2.33. The minimum absolute atomic E-state index is 0.160. The number of amides is 1. The van der Waals surface area contributed by atoms with Crippen LogP contribution in [0, 0.1) is 0 Å². The number of Topliss-reactive ketones (excluding diaryl/α,β-unsaturated/α-hetero) is 1. The molecular weight excluding hydrogens is 374 g/mol. The quantitative estimate of drug-likeness (QED) is 0.362. The number of hydrogen-bond donors (Lipinski definition) is 3. The van der Waals surface area contributed by atoms with E-state index >= 15 is 0 Å². The van der Waals surface area contributed by atoms with Gasteiger partial charge in [0, 0.05) is 12.0 Å². The van der Waals surface area contributed by atoms with Gasteiger partial charge in [0.15, 0.2) is 5.78 Å². The number of rotatable bonds is 12. The van der Waals surface area contributed by atoms with Gasteiger partial charge in [-0.25, -0.2) is 0 Å². The molecule has 1 atom stereocenters. The lowest BCUT2D eigenvalue weighted by Gasteiger charge is -2.29. The molecule has 30 heavy (non-hydrogen) atoms. The second-order valence-electron chi connectivity index (χ2n) is 7.83. The molecule has 5 nitrogen and oxygen atoms in total. The van der Waals surface area contributed by atoms with Crippen LogP contribution in [-0.2, 0) is 11.2 Å². The van der Waals surface area contributed by atoms with Gasteiger partial charge < -0.3 is 16.8 Å². The molecule has 2 rings (SSSR count). The number of hydrogen-bond acceptors (Lipinski definition) is 4. The Morgan fingerprint density at radius 1 is 0.900 bits per heavy atom. The molecule has 5 heteroatoms.